The van der Waals surface area contributed by atoms with Gasteiger partial charge in [-0.2, -0.15) is 0 Å². The van der Waals surface area contributed by atoms with E-state index in [4.69, 9.17) is 23.2 Å². The summed E-state index contributed by atoms with van der Waals surface area (Å²) in [5.74, 6) is 5.75. The van der Waals surface area contributed by atoms with Crippen LogP contribution in [0.25, 0.3) is 0 Å². The number of nitrogens with one attached hydrogen (secondary N) is 1. The maximum atomic E-state index is 10.9. The number of thioether (sulfide) groups is 1. The van der Waals surface area contributed by atoms with Crippen LogP contribution in [0.1, 0.15) is 19.3 Å². The topological polar surface area (TPSA) is 81.1 Å². The molecule has 4 nitrogen and oxygen atoms in total. The second-order valence-electron chi connectivity index (χ2n) is 3.56. The van der Waals surface area contributed by atoms with Crippen LogP contribution in [0.3, 0.4) is 0 Å². The molecule has 5 N–H and O–H groups in total. The molecule has 94 valence electrons. The standard InChI is InChI=1S/C11H16ClN3OS/c12-9-5-4-8(13)7-10(9)17-6-2-1-3-11(16)15-14/h4-5,7H,1-3,6,13-14H2,(H,15,16). The van der Waals surface area contributed by atoms with Gasteiger partial charge >= 0.3 is 0 Å². The van der Waals surface area contributed by atoms with Crippen molar-refractivity contribution in [3.8, 4) is 0 Å². The maximum absolute atomic E-state index is 10.9. The zero-order chi connectivity index (χ0) is 12.7. The summed E-state index contributed by atoms with van der Waals surface area (Å²) in [6, 6.07) is 5.43. The summed E-state index contributed by atoms with van der Waals surface area (Å²) in [4.78, 5) is 11.8. The van der Waals surface area contributed by atoms with Gasteiger partial charge in [-0.1, -0.05) is 11.6 Å². The number of carbonyl (C=O) groups is 1. The molecule has 0 heterocycles. The third kappa shape index (κ3) is 5.30. The number of benzene rings is 1. The first kappa shape index (κ1) is 14.2. The van der Waals surface area contributed by atoms with Crippen molar-refractivity contribution >= 4 is 35.0 Å². The van der Waals surface area contributed by atoms with Crippen LogP contribution >= 0.6 is 23.4 Å². The first-order chi connectivity index (χ1) is 8.13. The Labute approximate surface area is 110 Å². The van der Waals surface area contributed by atoms with Gasteiger partial charge < -0.3 is 5.73 Å². The van der Waals surface area contributed by atoms with Crippen LogP contribution in [0.4, 0.5) is 5.69 Å². The minimum Gasteiger partial charge on any atom is -0.399 e. The van der Waals surface area contributed by atoms with Gasteiger partial charge in [-0.3, -0.25) is 10.2 Å². The van der Waals surface area contributed by atoms with Crippen molar-refractivity contribution in [3.63, 3.8) is 0 Å². The number of nitrogens with two attached hydrogens (primary N) is 2. The Morgan fingerprint density at radius 2 is 2.18 bits per heavy atom. The zero-order valence-corrected chi connectivity index (χ0v) is 11.0. The lowest BCUT2D eigenvalue weighted by Gasteiger charge is -2.05. The van der Waals surface area contributed by atoms with E-state index in [0.29, 0.717) is 17.1 Å². The fraction of sp³-hybridized carbons (Fsp3) is 0.364. The van der Waals surface area contributed by atoms with Gasteiger partial charge in [0.05, 0.1) is 5.02 Å². The Morgan fingerprint density at radius 1 is 1.41 bits per heavy atom. The largest absolute Gasteiger partial charge is 0.399 e. The van der Waals surface area contributed by atoms with Crippen molar-refractivity contribution < 1.29 is 4.79 Å². The summed E-state index contributed by atoms with van der Waals surface area (Å²) in [6.07, 6.45) is 2.21. The SMILES string of the molecule is NNC(=O)CCCCSc1cc(N)ccc1Cl. The zero-order valence-electron chi connectivity index (χ0n) is 9.41. The molecule has 1 rings (SSSR count). The van der Waals surface area contributed by atoms with Crippen LogP contribution in [-0.4, -0.2) is 11.7 Å². The lowest BCUT2D eigenvalue weighted by molar-refractivity contribution is -0.121. The number of anilines is 1. The number of nitrogen functional groups attached to an aromatic ring is 1. The molecule has 0 aliphatic rings. The van der Waals surface area contributed by atoms with E-state index in [-0.39, 0.29) is 5.91 Å². The fourth-order valence-electron chi connectivity index (χ4n) is 1.27. The number of hydrazine groups is 1. The van der Waals surface area contributed by atoms with Crippen LogP contribution in [0.5, 0.6) is 0 Å². The molecule has 0 atom stereocenters. The Kier molecular flexibility index (Phi) is 6.18. The van der Waals surface area contributed by atoms with Crippen molar-refractivity contribution in [2.24, 2.45) is 5.84 Å². The molecule has 0 radical (unpaired) electrons. The first-order valence-electron chi connectivity index (χ1n) is 5.30. The van der Waals surface area contributed by atoms with Gasteiger partial charge in [0.1, 0.15) is 0 Å². The molecule has 0 unspecified atom stereocenters. The highest BCUT2D eigenvalue weighted by molar-refractivity contribution is 7.99. The minimum atomic E-state index is -0.128. The van der Waals surface area contributed by atoms with Crippen molar-refractivity contribution in [2.75, 3.05) is 11.5 Å². The molecule has 17 heavy (non-hydrogen) atoms. The molecular formula is C11H16ClN3OS. The average Bonchev–Trinajstić information content (AvgIpc) is 2.32. The Bertz CT molecular complexity index is 387. The molecule has 6 heteroatoms. The van der Waals surface area contributed by atoms with E-state index >= 15 is 0 Å². The molecule has 1 aromatic carbocycles. The van der Waals surface area contributed by atoms with Gasteiger partial charge in [-0.05, 0) is 36.8 Å². The molecule has 1 aromatic rings. The summed E-state index contributed by atoms with van der Waals surface area (Å²) in [7, 11) is 0. The molecule has 1 amide bonds. The third-order valence-electron chi connectivity index (χ3n) is 2.17. The Hall–Kier alpha value is -0.910. The molecule has 0 saturated heterocycles. The van der Waals surface area contributed by atoms with Crippen LogP contribution < -0.4 is 17.0 Å². The second-order valence-corrected chi connectivity index (χ2v) is 5.11. The van der Waals surface area contributed by atoms with E-state index in [1.807, 2.05) is 6.07 Å². The second kappa shape index (κ2) is 7.42. The predicted octanol–water partition coefficient (Wildman–Crippen LogP) is 2.17. The van der Waals surface area contributed by atoms with Crippen LogP contribution in [0.2, 0.25) is 5.02 Å². The minimum absolute atomic E-state index is 0.128. The average molecular weight is 274 g/mol. The van der Waals surface area contributed by atoms with Gasteiger partial charge in [0.25, 0.3) is 0 Å². The molecular weight excluding hydrogens is 258 g/mol. The van der Waals surface area contributed by atoms with E-state index in [1.165, 1.54) is 0 Å². The van der Waals surface area contributed by atoms with Crippen molar-refractivity contribution in [1.29, 1.82) is 0 Å². The summed E-state index contributed by atoms with van der Waals surface area (Å²) in [6.45, 7) is 0. The molecule has 0 aromatic heterocycles. The van der Waals surface area contributed by atoms with E-state index in [9.17, 15) is 4.79 Å². The Balaban J connectivity index is 2.26. The van der Waals surface area contributed by atoms with E-state index in [0.717, 1.165) is 23.5 Å². The summed E-state index contributed by atoms with van der Waals surface area (Å²) >= 11 is 7.67. The molecule has 0 aliphatic carbocycles. The number of unbranched alkanes of at least 4 members (excludes halogenated alkanes) is 1. The highest BCUT2D eigenvalue weighted by Gasteiger charge is 2.02. The monoisotopic (exact) mass is 273 g/mol. The number of carbonyl (C=O) groups excluding carboxylic acids is 1. The van der Waals surface area contributed by atoms with Crippen LogP contribution in [-0.2, 0) is 4.79 Å². The number of rotatable bonds is 6. The molecule has 0 fully saturated rings. The van der Waals surface area contributed by atoms with Gasteiger partial charge in [0, 0.05) is 17.0 Å². The van der Waals surface area contributed by atoms with E-state index < -0.39 is 0 Å². The molecule has 0 aliphatic heterocycles. The Morgan fingerprint density at radius 3 is 2.88 bits per heavy atom. The van der Waals surface area contributed by atoms with Gasteiger partial charge in [0.15, 0.2) is 0 Å². The quantitative estimate of drug-likeness (QED) is 0.185. The van der Waals surface area contributed by atoms with Crippen LogP contribution in [0.15, 0.2) is 23.1 Å². The van der Waals surface area contributed by atoms with Gasteiger partial charge in [-0.25, -0.2) is 5.84 Å². The maximum Gasteiger partial charge on any atom is 0.233 e. The summed E-state index contributed by atoms with van der Waals surface area (Å²) in [5.41, 5.74) is 8.49. The van der Waals surface area contributed by atoms with E-state index in [1.54, 1.807) is 23.9 Å². The number of hydrogen-bond acceptors (Lipinski definition) is 4. The lowest BCUT2D eigenvalue weighted by atomic mass is 10.2. The lowest BCUT2D eigenvalue weighted by Crippen LogP contribution is -2.29. The summed E-state index contributed by atoms with van der Waals surface area (Å²) < 4.78 is 0. The molecule has 0 bridgehead atoms. The number of amides is 1. The van der Waals surface area contributed by atoms with Crippen LogP contribution in [0, 0.1) is 0 Å². The third-order valence-corrected chi connectivity index (χ3v) is 3.76. The first-order valence-corrected chi connectivity index (χ1v) is 6.67. The highest BCUT2D eigenvalue weighted by atomic mass is 35.5. The van der Waals surface area contributed by atoms with Gasteiger partial charge in [-0.15, -0.1) is 11.8 Å². The van der Waals surface area contributed by atoms with Crippen molar-refractivity contribution in [2.45, 2.75) is 24.2 Å². The fourth-order valence-corrected chi connectivity index (χ4v) is 2.55. The highest BCUT2D eigenvalue weighted by Crippen LogP contribution is 2.29. The van der Waals surface area contributed by atoms with Crippen molar-refractivity contribution in [3.05, 3.63) is 23.2 Å². The predicted molar refractivity (Wildman–Crippen MR) is 72.8 cm³/mol. The molecule has 0 saturated carbocycles. The molecule has 0 spiro atoms. The number of hydrogen-bond donors (Lipinski definition) is 3. The summed E-state index contributed by atoms with van der Waals surface area (Å²) in [5, 5.41) is 0.712. The number of halogens is 1. The van der Waals surface area contributed by atoms with E-state index in [2.05, 4.69) is 5.43 Å². The van der Waals surface area contributed by atoms with Crippen molar-refractivity contribution in [1.82, 2.24) is 5.43 Å². The normalized spacial score (nSPS) is 10.2. The van der Waals surface area contributed by atoms with Gasteiger partial charge in [0.2, 0.25) is 5.91 Å². The smallest absolute Gasteiger partial charge is 0.233 e.